The fourth-order valence-electron chi connectivity index (χ4n) is 0.720. The number of halogens is 3. The molecule has 5 heteroatoms. The zero-order valence-electron chi connectivity index (χ0n) is 5.22. The Bertz CT molecular complexity index is 133. The van der Waals surface area contributed by atoms with Crippen molar-refractivity contribution in [2.24, 2.45) is 0 Å². The van der Waals surface area contributed by atoms with Gasteiger partial charge in [-0.25, -0.2) is 0 Å². The molecular weight excluding hydrogens is 149 g/mol. The van der Waals surface area contributed by atoms with E-state index in [1.165, 1.54) is 6.92 Å². The summed E-state index contributed by atoms with van der Waals surface area (Å²) in [6.07, 6.45) is -8.37. The molecule has 1 heterocycles. The highest BCUT2D eigenvalue weighted by molar-refractivity contribution is 4.90. The highest BCUT2D eigenvalue weighted by Gasteiger charge is 2.53. The number of rotatable bonds is 1. The van der Waals surface area contributed by atoms with Gasteiger partial charge in [-0.15, -0.1) is 0 Å². The molecule has 2 unspecified atom stereocenters. The molecule has 0 spiro atoms. The zero-order chi connectivity index (χ0) is 7.94. The molecule has 10 heavy (non-hydrogen) atoms. The van der Waals surface area contributed by atoms with E-state index >= 15 is 0 Å². The van der Waals surface area contributed by atoms with Gasteiger partial charge in [0.1, 0.15) is 6.10 Å². The minimum absolute atomic E-state index is 0.461. The summed E-state index contributed by atoms with van der Waals surface area (Å²) in [6, 6.07) is 0. The fourth-order valence-corrected chi connectivity index (χ4v) is 0.720. The van der Waals surface area contributed by atoms with E-state index in [9.17, 15) is 13.2 Å². The Balaban J connectivity index is 2.42. The van der Waals surface area contributed by atoms with Crippen LogP contribution in [0.25, 0.3) is 0 Å². The smallest absolute Gasteiger partial charge is 0.381 e. The molecule has 1 saturated heterocycles. The lowest BCUT2D eigenvalue weighted by Crippen LogP contribution is -2.34. The molecule has 1 aliphatic rings. The average Bonchev–Trinajstić information content (AvgIpc) is 2.42. The first-order valence-electron chi connectivity index (χ1n) is 2.83. The Morgan fingerprint density at radius 2 is 1.90 bits per heavy atom. The van der Waals surface area contributed by atoms with E-state index < -0.39 is 24.5 Å². The number of hydrogen-bond donors (Lipinski definition) is 1. The van der Waals surface area contributed by atoms with E-state index in [0.29, 0.717) is 0 Å². The van der Waals surface area contributed by atoms with Gasteiger partial charge in [-0.05, 0) is 6.92 Å². The van der Waals surface area contributed by atoms with Gasteiger partial charge in [0.05, 0.1) is 6.10 Å². The third-order valence-corrected chi connectivity index (χ3v) is 1.40. The van der Waals surface area contributed by atoms with Crippen molar-refractivity contribution in [3.05, 3.63) is 0 Å². The number of alkyl halides is 3. The van der Waals surface area contributed by atoms with Gasteiger partial charge in [-0.3, -0.25) is 0 Å². The molecule has 0 amide bonds. The molecule has 1 aliphatic heterocycles. The van der Waals surface area contributed by atoms with Crippen LogP contribution in [0.3, 0.4) is 0 Å². The van der Waals surface area contributed by atoms with Gasteiger partial charge in [0.25, 0.3) is 0 Å². The number of epoxide rings is 1. The van der Waals surface area contributed by atoms with Crippen LogP contribution in [0.4, 0.5) is 13.2 Å². The maximum atomic E-state index is 11.6. The van der Waals surface area contributed by atoms with Crippen LogP contribution in [0.15, 0.2) is 0 Å². The van der Waals surface area contributed by atoms with Crippen molar-refractivity contribution in [3.8, 4) is 0 Å². The average molecular weight is 156 g/mol. The lowest BCUT2D eigenvalue weighted by molar-refractivity contribution is -0.208. The van der Waals surface area contributed by atoms with Crippen LogP contribution in [0.1, 0.15) is 6.92 Å². The standard InChI is InChI=1S/C5H7F3O2/c1-2-3(10-2)4(9)5(6,7)8/h2-4,9H,1H3/t2?,3-,4?/m0/s1. The Kier molecular flexibility index (Phi) is 1.64. The number of aliphatic hydroxyl groups excluding tert-OH is 1. The number of hydrogen-bond acceptors (Lipinski definition) is 2. The topological polar surface area (TPSA) is 32.8 Å². The molecule has 0 aromatic rings. The van der Waals surface area contributed by atoms with E-state index in [4.69, 9.17) is 5.11 Å². The van der Waals surface area contributed by atoms with Crippen LogP contribution in [0.2, 0.25) is 0 Å². The molecular formula is C5H7F3O2. The first-order chi connectivity index (χ1) is 4.43. The minimum atomic E-state index is -4.55. The van der Waals surface area contributed by atoms with E-state index in [2.05, 4.69) is 4.74 Å². The van der Waals surface area contributed by atoms with Gasteiger partial charge in [-0.2, -0.15) is 13.2 Å². The normalized spacial score (nSPS) is 35.7. The van der Waals surface area contributed by atoms with Crippen LogP contribution in [0, 0.1) is 0 Å². The second kappa shape index (κ2) is 2.10. The van der Waals surface area contributed by atoms with E-state index in [1.54, 1.807) is 0 Å². The van der Waals surface area contributed by atoms with E-state index in [1.807, 2.05) is 0 Å². The predicted molar refractivity (Wildman–Crippen MR) is 26.4 cm³/mol. The SMILES string of the molecule is CC1O[C@@H]1C(O)C(F)(F)F. The summed E-state index contributed by atoms with van der Waals surface area (Å²) < 4.78 is 39.2. The molecule has 1 fully saturated rings. The van der Waals surface area contributed by atoms with Gasteiger partial charge in [-0.1, -0.05) is 0 Å². The number of aliphatic hydroxyl groups is 1. The Hall–Kier alpha value is -0.290. The maximum absolute atomic E-state index is 11.6. The second-order valence-electron chi connectivity index (χ2n) is 2.29. The molecule has 3 atom stereocenters. The second-order valence-corrected chi connectivity index (χ2v) is 2.29. The quantitative estimate of drug-likeness (QED) is 0.567. The molecule has 0 saturated carbocycles. The van der Waals surface area contributed by atoms with Crippen molar-refractivity contribution in [2.75, 3.05) is 0 Å². The monoisotopic (exact) mass is 156 g/mol. The Morgan fingerprint density at radius 1 is 1.50 bits per heavy atom. The van der Waals surface area contributed by atoms with Gasteiger partial charge >= 0.3 is 6.18 Å². The summed E-state index contributed by atoms with van der Waals surface area (Å²) in [5, 5.41) is 8.45. The van der Waals surface area contributed by atoms with Crippen molar-refractivity contribution in [1.82, 2.24) is 0 Å². The van der Waals surface area contributed by atoms with E-state index in [-0.39, 0.29) is 0 Å². The minimum Gasteiger partial charge on any atom is -0.381 e. The summed E-state index contributed by atoms with van der Waals surface area (Å²) in [5.74, 6) is 0. The summed E-state index contributed by atoms with van der Waals surface area (Å²) in [5.41, 5.74) is 0. The summed E-state index contributed by atoms with van der Waals surface area (Å²) in [6.45, 7) is 1.49. The van der Waals surface area contributed by atoms with Crippen molar-refractivity contribution >= 4 is 0 Å². The third kappa shape index (κ3) is 1.41. The van der Waals surface area contributed by atoms with Crippen LogP contribution >= 0.6 is 0 Å². The molecule has 0 radical (unpaired) electrons. The summed E-state index contributed by atoms with van der Waals surface area (Å²) >= 11 is 0. The lowest BCUT2D eigenvalue weighted by Gasteiger charge is -2.10. The molecule has 0 aliphatic carbocycles. The molecule has 1 N–H and O–H groups in total. The molecule has 0 bridgehead atoms. The number of ether oxygens (including phenoxy) is 1. The molecule has 1 rings (SSSR count). The highest BCUT2D eigenvalue weighted by Crippen LogP contribution is 2.33. The van der Waals surface area contributed by atoms with Crippen LogP contribution < -0.4 is 0 Å². The maximum Gasteiger partial charge on any atom is 0.417 e. The highest BCUT2D eigenvalue weighted by atomic mass is 19.4. The van der Waals surface area contributed by atoms with Gasteiger partial charge in [0.15, 0.2) is 6.10 Å². The van der Waals surface area contributed by atoms with Crippen molar-refractivity contribution in [3.63, 3.8) is 0 Å². The predicted octanol–water partition coefficient (Wildman–Crippen LogP) is 0.697. The van der Waals surface area contributed by atoms with Gasteiger partial charge < -0.3 is 9.84 Å². The molecule has 60 valence electrons. The van der Waals surface area contributed by atoms with Gasteiger partial charge in [0, 0.05) is 0 Å². The molecule has 0 aromatic heterocycles. The molecule has 2 nitrogen and oxygen atoms in total. The lowest BCUT2D eigenvalue weighted by atomic mass is 10.2. The van der Waals surface area contributed by atoms with Crippen LogP contribution in [-0.2, 0) is 4.74 Å². The fraction of sp³-hybridized carbons (Fsp3) is 1.00. The van der Waals surface area contributed by atoms with E-state index in [0.717, 1.165) is 0 Å². The summed E-state index contributed by atoms with van der Waals surface area (Å²) in [4.78, 5) is 0. The Labute approximate surface area is 55.6 Å². The largest absolute Gasteiger partial charge is 0.417 e. The van der Waals surface area contributed by atoms with Crippen LogP contribution in [0.5, 0.6) is 0 Å². The van der Waals surface area contributed by atoms with Crippen molar-refractivity contribution in [2.45, 2.75) is 31.4 Å². The first-order valence-corrected chi connectivity index (χ1v) is 2.83. The first kappa shape index (κ1) is 7.81. The zero-order valence-corrected chi connectivity index (χ0v) is 5.22. The van der Waals surface area contributed by atoms with Gasteiger partial charge in [0.2, 0.25) is 0 Å². The molecule has 0 aromatic carbocycles. The third-order valence-electron chi connectivity index (χ3n) is 1.40. The van der Waals surface area contributed by atoms with Crippen molar-refractivity contribution < 1.29 is 23.0 Å². The Morgan fingerprint density at radius 3 is 2.00 bits per heavy atom. The van der Waals surface area contributed by atoms with Crippen molar-refractivity contribution in [1.29, 1.82) is 0 Å². The van der Waals surface area contributed by atoms with Crippen LogP contribution in [-0.4, -0.2) is 29.6 Å². The summed E-state index contributed by atoms with van der Waals surface area (Å²) in [7, 11) is 0.